The average molecular weight is 334 g/mol. The van der Waals surface area contributed by atoms with Crippen molar-refractivity contribution in [3.05, 3.63) is 18.1 Å². The molecule has 1 aromatic heterocycles. The van der Waals surface area contributed by atoms with E-state index in [1.54, 1.807) is 0 Å². The molecule has 7 nitrogen and oxygen atoms in total. The number of carbonyl (C=O) groups is 2. The molecule has 1 saturated heterocycles. The minimum Gasteiger partial charge on any atom is -0.479 e. The summed E-state index contributed by atoms with van der Waals surface area (Å²) in [5, 5.41) is 2.96. The summed E-state index contributed by atoms with van der Waals surface area (Å²) in [6.07, 6.45) is 5.79. The molecule has 2 amide bonds. The van der Waals surface area contributed by atoms with Gasteiger partial charge in [0.25, 0.3) is 5.91 Å². The van der Waals surface area contributed by atoms with Gasteiger partial charge in [-0.15, -0.1) is 0 Å². The third-order valence-electron chi connectivity index (χ3n) is 4.19. The van der Waals surface area contributed by atoms with Gasteiger partial charge in [0.1, 0.15) is 0 Å². The molecule has 132 valence electrons. The van der Waals surface area contributed by atoms with Crippen LogP contribution in [0.3, 0.4) is 0 Å². The SMILES string of the molecule is COc1nccnc1C(=O)NC1CCC(=O)N(CCC(C)C)CC1. The normalized spacial score (nSPS) is 18.4. The topological polar surface area (TPSA) is 84.4 Å². The first-order valence-corrected chi connectivity index (χ1v) is 8.45. The van der Waals surface area contributed by atoms with E-state index in [0.29, 0.717) is 25.3 Å². The summed E-state index contributed by atoms with van der Waals surface area (Å²) in [6.45, 7) is 5.77. The molecule has 1 atom stereocenters. The molecule has 0 radical (unpaired) electrons. The van der Waals surface area contributed by atoms with E-state index in [1.807, 2.05) is 4.90 Å². The van der Waals surface area contributed by atoms with Gasteiger partial charge in [-0.05, 0) is 25.2 Å². The minimum absolute atomic E-state index is 0.0442. The number of likely N-dealkylation sites (tertiary alicyclic amines) is 1. The van der Waals surface area contributed by atoms with E-state index < -0.39 is 0 Å². The zero-order valence-corrected chi connectivity index (χ0v) is 14.6. The molecule has 1 aliphatic heterocycles. The molecule has 1 aromatic rings. The number of hydrogen-bond acceptors (Lipinski definition) is 5. The van der Waals surface area contributed by atoms with Gasteiger partial charge in [0, 0.05) is 37.9 Å². The van der Waals surface area contributed by atoms with Crippen molar-refractivity contribution >= 4 is 11.8 Å². The number of ether oxygens (including phenoxy) is 1. The number of hydrogen-bond donors (Lipinski definition) is 1. The number of aromatic nitrogens is 2. The van der Waals surface area contributed by atoms with E-state index in [2.05, 4.69) is 29.1 Å². The minimum atomic E-state index is -0.312. The van der Waals surface area contributed by atoms with Crippen LogP contribution in [0.4, 0.5) is 0 Å². The molecule has 2 rings (SSSR count). The second-order valence-electron chi connectivity index (χ2n) is 6.48. The highest BCUT2D eigenvalue weighted by atomic mass is 16.5. The van der Waals surface area contributed by atoms with Crippen molar-refractivity contribution < 1.29 is 14.3 Å². The van der Waals surface area contributed by atoms with Crippen molar-refractivity contribution in [3.8, 4) is 5.88 Å². The van der Waals surface area contributed by atoms with Crippen molar-refractivity contribution in [2.45, 2.75) is 45.6 Å². The van der Waals surface area contributed by atoms with E-state index in [9.17, 15) is 9.59 Å². The molecule has 0 aromatic carbocycles. The first-order valence-electron chi connectivity index (χ1n) is 8.45. The number of nitrogens with one attached hydrogen (secondary N) is 1. The van der Waals surface area contributed by atoms with Crippen molar-refractivity contribution in [2.75, 3.05) is 20.2 Å². The van der Waals surface area contributed by atoms with Crippen LogP contribution in [0.25, 0.3) is 0 Å². The fourth-order valence-electron chi connectivity index (χ4n) is 2.72. The highest BCUT2D eigenvalue weighted by Crippen LogP contribution is 2.16. The molecule has 1 aliphatic rings. The van der Waals surface area contributed by atoms with Crippen LogP contribution in [0.2, 0.25) is 0 Å². The Hall–Kier alpha value is -2.18. The Bertz CT molecular complexity index is 577. The van der Waals surface area contributed by atoms with Gasteiger partial charge in [-0.2, -0.15) is 0 Å². The van der Waals surface area contributed by atoms with Gasteiger partial charge >= 0.3 is 0 Å². The van der Waals surface area contributed by atoms with Crippen molar-refractivity contribution in [2.24, 2.45) is 5.92 Å². The molecule has 1 unspecified atom stereocenters. The molecule has 0 saturated carbocycles. The molecule has 0 aliphatic carbocycles. The van der Waals surface area contributed by atoms with E-state index >= 15 is 0 Å². The average Bonchev–Trinajstić information content (AvgIpc) is 2.75. The Balaban J connectivity index is 1.94. The molecular weight excluding hydrogens is 308 g/mol. The van der Waals surface area contributed by atoms with Crippen LogP contribution in [0.1, 0.15) is 50.0 Å². The van der Waals surface area contributed by atoms with E-state index in [4.69, 9.17) is 4.74 Å². The second kappa shape index (κ2) is 8.61. The van der Waals surface area contributed by atoms with Crippen LogP contribution in [0.5, 0.6) is 5.88 Å². The van der Waals surface area contributed by atoms with Gasteiger partial charge in [0.15, 0.2) is 5.69 Å². The standard InChI is InChI=1S/C17H26N4O3/c1-12(2)6-10-21-11-7-13(4-5-14(21)22)20-16(23)15-17(24-3)19-9-8-18-15/h8-9,12-13H,4-7,10-11H2,1-3H3,(H,20,23). The van der Waals surface area contributed by atoms with Crippen molar-refractivity contribution in [1.29, 1.82) is 0 Å². The lowest BCUT2D eigenvalue weighted by atomic mass is 10.1. The summed E-state index contributed by atoms with van der Waals surface area (Å²) >= 11 is 0. The highest BCUT2D eigenvalue weighted by molar-refractivity contribution is 5.94. The third kappa shape index (κ3) is 4.91. The number of carbonyl (C=O) groups excluding carboxylic acids is 2. The van der Waals surface area contributed by atoms with E-state index in [0.717, 1.165) is 19.4 Å². The van der Waals surface area contributed by atoms with Crippen LogP contribution < -0.4 is 10.1 Å². The summed E-state index contributed by atoms with van der Waals surface area (Å²) in [6, 6.07) is -0.0442. The van der Waals surface area contributed by atoms with Gasteiger partial charge in [-0.1, -0.05) is 13.8 Å². The predicted octanol–water partition coefficient (Wildman–Crippen LogP) is 1.64. The Morgan fingerprint density at radius 1 is 1.38 bits per heavy atom. The summed E-state index contributed by atoms with van der Waals surface area (Å²) < 4.78 is 5.07. The lowest BCUT2D eigenvalue weighted by Crippen LogP contribution is -2.36. The van der Waals surface area contributed by atoms with Gasteiger partial charge in [0.2, 0.25) is 11.8 Å². The van der Waals surface area contributed by atoms with E-state index in [1.165, 1.54) is 19.5 Å². The molecule has 0 spiro atoms. The Kier molecular flexibility index (Phi) is 6.52. The molecule has 7 heteroatoms. The molecule has 0 bridgehead atoms. The predicted molar refractivity (Wildman–Crippen MR) is 89.7 cm³/mol. The van der Waals surface area contributed by atoms with Crippen LogP contribution >= 0.6 is 0 Å². The maximum atomic E-state index is 12.4. The molecule has 2 heterocycles. The monoisotopic (exact) mass is 334 g/mol. The maximum absolute atomic E-state index is 12.4. The zero-order chi connectivity index (χ0) is 17.5. The number of rotatable bonds is 6. The Morgan fingerprint density at radius 3 is 2.83 bits per heavy atom. The quantitative estimate of drug-likeness (QED) is 0.855. The molecular formula is C17H26N4O3. The summed E-state index contributed by atoms with van der Waals surface area (Å²) in [5.74, 6) is 0.636. The van der Waals surface area contributed by atoms with Crippen LogP contribution in [-0.4, -0.2) is 52.9 Å². The van der Waals surface area contributed by atoms with Crippen molar-refractivity contribution in [1.82, 2.24) is 20.2 Å². The third-order valence-corrected chi connectivity index (χ3v) is 4.19. The van der Waals surface area contributed by atoms with Gasteiger partial charge < -0.3 is 15.0 Å². The van der Waals surface area contributed by atoms with Crippen LogP contribution in [0.15, 0.2) is 12.4 Å². The molecule has 1 fully saturated rings. The first kappa shape index (κ1) is 18.2. The first-order chi connectivity index (χ1) is 11.5. The smallest absolute Gasteiger partial charge is 0.275 e. The lowest BCUT2D eigenvalue weighted by molar-refractivity contribution is -0.130. The lowest BCUT2D eigenvalue weighted by Gasteiger charge is -2.22. The molecule has 24 heavy (non-hydrogen) atoms. The van der Waals surface area contributed by atoms with Gasteiger partial charge in [0.05, 0.1) is 7.11 Å². The summed E-state index contributed by atoms with van der Waals surface area (Å²) in [4.78, 5) is 34.5. The molecule has 1 N–H and O–H groups in total. The zero-order valence-electron chi connectivity index (χ0n) is 14.6. The fraction of sp³-hybridized carbons (Fsp3) is 0.647. The number of nitrogens with zero attached hydrogens (tertiary/aromatic N) is 3. The summed E-state index contributed by atoms with van der Waals surface area (Å²) in [7, 11) is 1.46. The second-order valence-corrected chi connectivity index (χ2v) is 6.48. The maximum Gasteiger partial charge on any atom is 0.275 e. The van der Waals surface area contributed by atoms with Crippen molar-refractivity contribution in [3.63, 3.8) is 0 Å². The van der Waals surface area contributed by atoms with Crippen LogP contribution in [0, 0.1) is 5.92 Å². The largest absolute Gasteiger partial charge is 0.479 e. The highest BCUT2D eigenvalue weighted by Gasteiger charge is 2.25. The van der Waals surface area contributed by atoms with Gasteiger partial charge in [-0.3, -0.25) is 9.59 Å². The number of methoxy groups -OCH3 is 1. The Labute approximate surface area is 142 Å². The number of amides is 2. The van der Waals surface area contributed by atoms with E-state index in [-0.39, 0.29) is 29.4 Å². The fourth-order valence-corrected chi connectivity index (χ4v) is 2.72. The summed E-state index contributed by atoms with van der Waals surface area (Å²) in [5.41, 5.74) is 0.173. The Morgan fingerprint density at radius 2 is 2.12 bits per heavy atom. The van der Waals surface area contributed by atoms with Gasteiger partial charge in [-0.25, -0.2) is 9.97 Å². The van der Waals surface area contributed by atoms with Crippen LogP contribution in [-0.2, 0) is 4.79 Å².